The average Bonchev–Trinajstić information content (AvgIpc) is 2.63. The van der Waals surface area contributed by atoms with Gasteiger partial charge in [0, 0.05) is 45.5 Å². The third-order valence-corrected chi connectivity index (χ3v) is 9.73. The van der Waals surface area contributed by atoms with Crippen LogP contribution in [0.5, 0.6) is 0 Å². The molecule has 0 saturated carbocycles. The molecule has 0 spiro atoms. The van der Waals surface area contributed by atoms with E-state index in [1.807, 2.05) is 0 Å². The summed E-state index contributed by atoms with van der Waals surface area (Å²) in [5.41, 5.74) is 1.54. The first-order valence-electron chi connectivity index (χ1n) is 10.7. The Bertz CT molecular complexity index is 218. The molecule has 0 aromatic carbocycles. The molecule has 25 heavy (non-hydrogen) atoms. The molecule has 0 atom stereocenters. The lowest BCUT2D eigenvalue weighted by Gasteiger charge is -2.18. The summed E-state index contributed by atoms with van der Waals surface area (Å²) in [6, 6.07) is 2.71. The van der Waals surface area contributed by atoms with Crippen molar-refractivity contribution in [3.8, 4) is 0 Å². The van der Waals surface area contributed by atoms with Gasteiger partial charge in [0.15, 0.2) is 12.6 Å². The molecule has 0 aliphatic carbocycles. The third-order valence-electron chi connectivity index (χ3n) is 3.91. The van der Waals surface area contributed by atoms with Crippen molar-refractivity contribution in [1.82, 2.24) is 0 Å². The fourth-order valence-corrected chi connectivity index (χ4v) is 8.07. The van der Waals surface area contributed by atoms with Gasteiger partial charge in [0.25, 0.3) is 0 Å². The maximum atomic E-state index is 5.81. The first-order chi connectivity index (χ1) is 12.3. The zero-order chi connectivity index (χ0) is 18.6. The molecule has 0 aliphatic heterocycles. The van der Waals surface area contributed by atoms with Crippen LogP contribution in [0.15, 0.2) is 0 Å². The molecule has 0 heterocycles. The van der Waals surface area contributed by atoms with E-state index in [9.17, 15) is 0 Å². The first-order valence-corrected chi connectivity index (χ1v) is 14.7. The Kier molecular flexibility index (Phi) is 20.8. The summed E-state index contributed by atoms with van der Waals surface area (Å²) in [6.07, 6.45) is 6.56. The van der Waals surface area contributed by atoms with Gasteiger partial charge in [-0.15, -0.1) is 0 Å². The quantitative estimate of drug-likeness (QED) is 0.180. The van der Waals surface area contributed by atoms with E-state index in [4.69, 9.17) is 18.9 Å². The fraction of sp³-hybridized carbons (Fsp3) is 1.00. The van der Waals surface area contributed by atoms with Crippen molar-refractivity contribution in [3.63, 3.8) is 0 Å². The molecule has 0 aliphatic rings. The molecule has 0 unspecified atom stereocenters. The average molecular weight is 393 g/mol. The molecule has 0 amide bonds. The van der Waals surface area contributed by atoms with Crippen molar-refractivity contribution < 1.29 is 18.9 Å². The van der Waals surface area contributed by atoms with Gasteiger partial charge in [0.1, 0.15) is 0 Å². The lowest BCUT2D eigenvalue weighted by Crippen LogP contribution is -2.20. The smallest absolute Gasteiger partial charge is 0.157 e. The maximum absolute atomic E-state index is 5.81. The van der Waals surface area contributed by atoms with Gasteiger partial charge in [-0.3, -0.25) is 0 Å². The highest BCUT2D eigenvalue weighted by molar-refractivity contribution is 6.55. The Morgan fingerprint density at radius 1 is 0.560 bits per heavy atom. The van der Waals surface area contributed by atoms with Gasteiger partial charge >= 0.3 is 0 Å². The number of ether oxygens (including phenoxy) is 4. The van der Waals surface area contributed by atoms with E-state index < -0.39 is 0 Å². The van der Waals surface area contributed by atoms with Crippen LogP contribution in [0.2, 0.25) is 17.8 Å². The zero-order valence-corrected chi connectivity index (χ0v) is 20.2. The minimum Gasteiger partial charge on any atom is -0.353 e. The lowest BCUT2D eigenvalue weighted by atomic mass is 10.4. The number of hydrogen-bond donors (Lipinski definition) is 0. The second-order valence-electron chi connectivity index (χ2n) is 6.69. The lowest BCUT2D eigenvalue weighted by molar-refractivity contribution is -0.143. The van der Waals surface area contributed by atoms with Crippen LogP contribution < -0.4 is 0 Å². The molecule has 0 N–H and O–H groups in total. The third kappa shape index (κ3) is 17.4. The van der Waals surface area contributed by atoms with Gasteiger partial charge in [-0.1, -0.05) is 45.5 Å². The molecular formula is C19H44O4Si2. The van der Waals surface area contributed by atoms with Crippen LogP contribution in [0.1, 0.15) is 66.2 Å². The Morgan fingerprint density at radius 2 is 0.880 bits per heavy atom. The van der Waals surface area contributed by atoms with Crippen LogP contribution in [0.3, 0.4) is 0 Å². The van der Waals surface area contributed by atoms with Gasteiger partial charge in [0.2, 0.25) is 0 Å². The Hall–Kier alpha value is 0.274. The van der Waals surface area contributed by atoms with Crippen molar-refractivity contribution in [2.24, 2.45) is 0 Å². The van der Waals surface area contributed by atoms with E-state index in [2.05, 4.69) is 27.7 Å². The summed E-state index contributed by atoms with van der Waals surface area (Å²) >= 11 is 0. The van der Waals surface area contributed by atoms with Crippen LogP contribution in [0.25, 0.3) is 0 Å². The zero-order valence-electron chi connectivity index (χ0n) is 17.4. The van der Waals surface area contributed by atoms with Gasteiger partial charge in [-0.25, -0.2) is 0 Å². The van der Waals surface area contributed by atoms with Gasteiger partial charge < -0.3 is 18.9 Å². The monoisotopic (exact) mass is 392 g/mol. The summed E-state index contributed by atoms with van der Waals surface area (Å²) < 4.78 is 23.2. The van der Waals surface area contributed by atoms with Crippen molar-refractivity contribution in [2.45, 2.75) is 96.6 Å². The first kappa shape index (κ1) is 25.3. The summed E-state index contributed by atoms with van der Waals surface area (Å²) in [5.74, 6) is 0. The molecular weight excluding hydrogens is 348 g/mol. The van der Waals surface area contributed by atoms with E-state index in [1.54, 1.807) is 5.67 Å². The molecule has 0 saturated heterocycles. The predicted octanol–water partition coefficient (Wildman–Crippen LogP) is 3.68. The minimum absolute atomic E-state index is 0.0448. The highest BCUT2D eigenvalue weighted by Gasteiger charge is 2.10. The van der Waals surface area contributed by atoms with Gasteiger partial charge in [0.05, 0.1) is 0 Å². The topological polar surface area (TPSA) is 36.9 Å². The highest BCUT2D eigenvalue weighted by atomic mass is 28.3. The second kappa shape index (κ2) is 20.6. The van der Waals surface area contributed by atoms with Crippen molar-refractivity contribution in [2.75, 3.05) is 26.4 Å². The second-order valence-corrected chi connectivity index (χ2v) is 12.3. The molecule has 6 heteroatoms. The summed E-state index contributed by atoms with van der Waals surface area (Å²) in [6.45, 7) is 11.9. The Labute approximate surface area is 161 Å². The van der Waals surface area contributed by atoms with Gasteiger partial charge in [-0.2, -0.15) is 0 Å². The summed E-state index contributed by atoms with van der Waals surface area (Å²) in [5, 5.41) is 0. The molecule has 0 rings (SSSR count). The van der Waals surface area contributed by atoms with Crippen molar-refractivity contribution in [1.29, 1.82) is 0 Å². The van der Waals surface area contributed by atoms with Crippen LogP contribution in [0, 0.1) is 0 Å². The van der Waals surface area contributed by atoms with Crippen LogP contribution in [-0.4, -0.2) is 58.0 Å². The molecule has 0 aromatic heterocycles. The van der Waals surface area contributed by atoms with E-state index in [0.29, 0.717) is 0 Å². The molecule has 0 radical (unpaired) electrons. The summed E-state index contributed by atoms with van der Waals surface area (Å²) in [7, 11) is 0.131. The summed E-state index contributed by atoms with van der Waals surface area (Å²) in [4.78, 5) is 0. The van der Waals surface area contributed by atoms with E-state index in [0.717, 1.165) is 65.0 Å². The highest BCUT2D eigenvalue weighted by Crippen LogP contribution is 2.09. The fourth-order valence-electron chi connectivity index (χ4n) is 2.58. The molecule has 0 aromatic rings. The molecule has 0 bridgehead atoms. The van der Waals surface area contributed by atoms with E-state index in [-0.39, 0.29) is 31.6 Å². The van der Waals surface area contributed by atoms with Crippen LogP contribution in [0.4, 0.5) is 0 Å². The minimum atomic E-state index is 0.0448. The largest absolute Gasteiger partial charge is 0.353 e. The van der Waals surface area contributed by atoms with E-state index >= 15 is 0 Å². The Morgan fingerprint density at radius 3 is 1.16 bits per heavy atom. The molecule has 4 nitrogen and oxygen atoms in total. The maximum Gasteiger partial charge on any atom is 0.157 e. The Balaban J connectivity index is 3.69. The van der Waals surface area contributed by atoms with E-state index in [1.165, 1.54) is 12.1 Å². The van der Waals surface area contributed by atoms with Crippen LogP contribution >= 0.6 is 0 Å². The molecule has 0 fully saturated rings. The molecule has 152 valence electrons. The van der Waals surface area contributed by atoms with Crippen molar-refractivity contribution >= 4 is 19.0 Å². The predicted molar refractivity (Wildman–Crippen MR) is 113 cm³/mol. The number of rotatable bonds is 20. The number of hydrogen-bond acceptors (Lipinski definition) is 4. The van der Waals surface area contributed by atoms with Crippen molar-refractivity contribution in [3.05, 3.63) is 0 Å². The standard InChI is InChI=1S/C19H44O4Si2/c1-5-11-20-18(21-12-6-2)9-15-24-17-25-16-10-19(22-13-7-3)23-14-8-4/h18-19H,5-17,24-25H2,1-4H3. The SMILES string of the molecule is CCCOC(CC[SiH2]C[SiH2]CCC(OCCC)OCCC)OCCC. The normalized spacial score (nSPS) is 12.7. The van der Waals surface area contributed by atoms with Gasteiger partial charge in [-0.05, 0) is 38.5 Å². The van der Waals surface area contributed by atoms with Crippen LogP contribution in [-0.2, 0) is 18.9 Å².